The van der Waals surface area contributed by atoms with Crippen molar-refractivity contribution in [1.82, 2.24) is 14.8 Å². The Morgan fingerprint density at radius 2 is 1.50 bits per heavy atom. The topological polar surface area (TPSA) is 47.1 Å². The zero-order valence-electron chi connectivity index (χ0n) is 22.4. The van der Waals surface area contributed by atoms with Gasteiger partial charge in [0.2, 0.25) is 0 Å². The minimum Gasteiger partial charge on any atom is -0.497 e. The van der Waals surface area contributed by atoms with Crippen LogP contribution in [0.5, 0.6) is 17.2 Å². The summed E-state index contributed by atoms with van der Waals surface area (Å²) >= 11 is 0. The van der Waals surface area contributed by atoms with E-state index in [4.69, 9.17) is 19.2 Å². The van der Waals surface area contributed by atoms with Gasteiger partial charge in [0.05, 0.1) is 24.9 Å². The molecule has 5 rings (SSSR count). The number of aromatic nitrogens is 1. The van der Waals surface area contributed by atoms with E-state index in [9.17, 15) is 0 Å². The summed E-state index contributed by atoms with van der Waals surface area (Å²) in [6.07, 6.45) is 0.986. The molecule has 1 aromatic heterocycles. The highest BCUT2D eigenvalue weighted by atomic mass is 16.5. The van der Waals surface area contributed by atoms with Crippen LogP contribution in [0.3, 0.4) is 0 Å². The third kappa shape index (κ3) is 6.63. The van der Waals surface area contributed by atoms with Gasteiger partial charge in [-0.2, -0.15) is 0 Å². The average Bonchev–Trinajstić information content (AvgIpc) is 2.97. The monoisotopic (exact) mass is 511 g/mol. The van der Waals surface area contributed by atoms with Crippen LogP contribution in [0.1, 0.15) is 18.9 Å². The van der Waals surface area contributed by atoms with Gasteiger partial charge in [0.1, 0.15) is 23.9 Å². The lowest BCUT2D eigenvalue weighted by atomic mass is 10.1. The highest BCUT2D eigenvalue weighted by molar-refractivity contribution is 5.89. The number of hydrogen-bond donors (Lipinski definition) is 0. The summed E-state index contributed by atoms with van der Waals surface area (Å²) in [5, 5.41) is 0.991. The summed E-state index contributed by atoms with van der Waals surface area (Å²) < 4.78 is 17.6. The molecule has 0 saturated carbocycles. The number of benzene rings is 3. The summed E-state index contributed by atoms with van der Waals surface area (Å²) in [5.74, 6) is 2.50. The normalized spacial score (nSPS) is 14.5. The van der Waals surface area contributed by atoms with Crippen molar-refractivity contribution in [2.75, 3.05) is 53.0 Å². The molecular weight excluding hydrogens is 474 g/mol. The molecule has 0 unspecified atom stereocenters. The number of ether oxygens (including phenoxy) is 3. The summed E-state index contributed by atoms with van der Waals surface area (Å²) in [4.78, 5) is 9.95. The van der Waals surface area contributed by atoms with Crippen molar-refractivity contribution in [3.05, 3.63) is 84.4 Å². The van der Waals surface area contributed by atoms with Crippen LogP contribution < -0.4 is 14.2 Å². The summed E-state index contributed by atoms with van der Waals surface area (Å²) in [6, 6.07) is 26.8. The molecule has 0 amide bonds. The van der Waals surface area contributed by atoms with Crippen LogP contribution in [-0.2, 0) is 6.54 Å². The van der Waals surface area contributed by atoms with Crippen molar-refractivity contribution in [3.63, 3.8) is 0 Å². The molecule has 0 aliphatic carbocycles. The first-order valence-corrected chi connectivity index (χ1v) is 13.6. The molecule has 1 aliphatic heterocycles. The maximum atomic E-state index is 6.40. The van der Waals surface area contributed by atoms with Gasteiger partial charge in [-0.1, -0.05) is 37.3 Å². The Morgan fingerprint density at radius 1 is 0.763 bits per heavy atom. The fraction of sp³-hybridized carbons (Fsp3) is 0.344. The van der Waals surface area contributed by atoms with Crippen LogP contribution in [0.2, 0.25) is 0 Å². The molecule has 3 aromatic carbocycles. The van der Waals surface area contributed by atoms with Crippen molar-refractivity contribution in [1.29, 1.82) is 0 Å². The Balaban J connectivity index is 1.24. The summed E-state index contributed by atoms with van der Waals surface area (Å²) in [7, 11) is 1.68. The molecule has 1 fully saturated rings. The summed E-state index contributed by atoms with van der Waals surface area (Å²) in [6.45, 7) is 9.65. The molecule has 4 aromatic rings. The molecule has 0 spiro atoms. The van der Waals surface area contributed by atoms with Crippen LogP contribution in [-0.4, -0.2) is 67.8 Å². The smallest absolute Gasteiger partial charge is 0.130 e. The van der Waals surface area contributed by atoms with Gasteiger partial charge in [-0.15, -0.1) is 0 Å². The molecular formula is C32H37N3O3. The van der Waals surface area contributed by atoms with Gasteiger partial charge < -0.3 is 14.2 Å². The zero-order valence-corrected chi connectivity index (χ0v) is 22.4. The average molecular weight is 512 g/mol. The van der Waals surface area contributed by atoms with E-state index in [2.05, 4.69) is 65.3 Å². The molecule has 0 radical (unpaired) electrons. The van der Waals surface area contributed by atoms with E-state index in [0.717, 1.165) is 85.1 Å². The molecule has 1 aliphatic rings. The number of nitrogens with zero attached hydrogens (tertiary/aromatic N) is 3. The molecule has 6 heteroatoms. The first kappa shape index (κ1) is 26.0. The molecule has 0 atom stereocenters. The Bertz CT molecular complexity index is 1300. The predicted octanol–water partition coefficient (Wildman–Crippen LogP) is 5.90. The summed E-state index contributed by atoms with van der Waals surface area (Å²) in [5.41, 5.74) is 4.14. The second-order valence-corrected chi connectivity index (χ2v) is 9.71. The van der Waals surface area contributed by atoms with Crippen LogP contribution in [0.15, 0.2) is 78.9 Å². The minimum absolute atomic E-state index is 0.632. The molecule has 0 bridgehead atoms. The molecule has 198 valence electrons. The van der Waals surface area contributed by atoms with E-state index in [1.54, 1.807) is 7.11 Å². The predicted molar refractivity (Wildman–Crippen MR) is 153 cm³/mol. The number of piperazine rings is 1. The molecule has 38 heavy (non-hydrogen) atoms. The van der Waals surface area contributed by atoms with Crippen LogP contribution in [0.25, 0.3) is 22.2 Å². The standard InChI is InChI=1S/C32H37N3O3/c1-3-20-37-27-11-9-26(10-12-27)30-23-32(29-14-13-28(36-2)22-31(29)33-30)38-21-19-34-15-17-35(18-16-34)24-25-7-5-4-6-8-25/h4-14,22-23H,3,15-21,24H2,1-2H3. The maximum Gasteiger partial charge on any atom is 0.130 e. The lowest BCUT2D eigenvalue weighted by Gasteiger charge is -2.34. The highest BCUT2D eigenvalue weighted by Gasteiger charge is 2.17. The van der Waals surface area contributed by atoms with Crippen molar-refractivity contribution < 1.29 is 14.2 Å². The van der Waals surface area contributed by atoms with Crippen LogP contribution in [0.4, 0.5) is 0 Å². The number of methoxy groups -OCH3 is 1. The Labute approximate surface area is 225 Å². The van der Waals surface area contributed by atoms with E-state index in [1.807, 2.05) is 30.3 Å². The minimum atomic E-state index is 0.632. The van der Waals surface area contributed by atoms with Gasteiger partial charge in [0.15, 0.2) is 0 Å². The molecule has 2 heterocycles. The fourth-order valence-electron chi connectivity index (χ4n) is 4.81. The van der Waals surface area contributed by atoms with Gasteiger partial charge in [0.25, 0.3) is 0 Å². The highest BCUT2D eigenvalue weighted by Crippen LogP contribution is 2.33. The van der Waals surface area contributed by atoms with Gasteiger partial charge >= 0.3 is 0 Å². The second kappa shape index (κ2) is 12.8. The first-order valence-electron chi connectivity index (χ1n) is 13.6. The molecule has 1 saturated heterocycles. The van der Waals surface area contributed by atoms with E-state index in [0.29, 0.717) is 13.2 Å². The number of fused-ring (bicyclic) bond motifs is 1. The van der Waals surface area contributed by atoms with Crippen molar-refractivity contribution in [3.8, 4) is 28.5 Å². The van der Waals surface area contributed by atoms with E-state index in [1.165, 1.54) is 5.56 Å². The SMILES string of the molecule is CCCOc1ccc(-c2cc(OCCN3CCN(Cc4ccccc4)CC3)c3ccc(OC)cc3n2)cc1. The maximum absolute atomic E-state index is 6.40. The van der Waals surface area contributed by atoms with Crippen LogP contribution >= 0.6 is 0 Å². The lowest BCUT2D eigenvalue weighted by molar-refractivity contribution is 0.113. The fourth-order valence-corrected chi connectivity index (χ4v) is 4.81. The Hall–Kier alpha value is -3.61. The number of pyridine rings is 1. The lowest BCUT2D eigenvalue weighted by Crippen LogP contribution is -2.47. The van der Waals surface area contributed by atoms with Crippen molar-refractivity contribution >= 4 is 10.9 Å². The second-order valence-electron chi connectivity index (χ2n) is 9.71. The molecule has 6 nitrogen and oxygen atoms in total. The van der Waals surface area contributed by atoms with E-state index >= 15 is 0 Å². The van der Waals surface area contributed by atoms with E-state index < -0.39 is 0 Å². The largest absolute Gasteiger partial charge is 0.497 e. The van der Waals surface area contributed by atoms with Gasteiger partial charge in [0, 0.05) is 62.4 Å². The Kier molecular flexibility index (Phi) is 8.74. The Morgan fingerprint density at radius 3 is 2.24 bits per heavy atom. The number of rotatable bonds is 11. The molecule has 0 N–H and O–H groups in total. The number of hydrogen-bond acceptors (Lipinski definition) is 6. The quantitative estimate of drug-likeness (QED) is 0.250. The third-order valence-corrected chi connectivity index (χ3v) is 6.98. The third-order valence-electron chi connectivity index (χ3n) is 6.98. The van der Waals surface area contributed by atoms with E-state index in [-0.39, 0.29) is 0 Å². The van der Waals surface area contributed by atoms with Gasteiger partial charge in [-0.25, -0.2) is 4.98 Å². The van der Waals surface area contributed by atoms with Gasteiger partial charge in [-0.3, -0.25) is 9.80 Å². The van der Waals surface area contributed by atoms with Crippen molar-refractivity contribution in [2.24, 2.45) is 0 Å². The van der Waals surface area contributed by atoms with Gasteiger partial charge in [-0.05, 0) is 48.4 Å². The van der Waals surface area contributed by atoms with Crippen LogP contribution in [0, 0.1) is 0 Å². The first-order chi connectivity index (χ1) is 18.7. The van der Waals surface area contributed by atoms with Crippen molar-refractivity contribution in [2.45, 2.75) is 19.9 Å². The zero-order chi connectivity index (χ0) is 26.2.